The molecule has 22 heavy (non-hydrogen) atoms. The van der Waals surface area contributed by atoms with Gasteiger partial charge in [0.2, 0.25) is 0 Å². The minimum absolute atomic E-state index is 0.261. The number of nitrogens with zero attached hydrogens (tertiary/aromatic N) is 3. The lowest BCUT2D eigenvalue weighted by atomic mass is 10.3. The first kappa shape index (κ1) is 12.6. The van der Waals surface area contributed by atoms with Crippen LogP contribution in [0.3, 0.4) is 0 Å². The Morgan fingerprint density at radius 1 is 1.23 bits per heavy atom. The molecule has 3 heterocycles. The summed E-state index contributed by atoms with van der Waals surface area (Å²) in [6, 6.07) is 11.0. The van der Waals surface area contributed by atoms with Crippen molar-refractivity contribution in [3.8, 4) is 0 Å². The highest BCUT2D eigenvalue weighted by Gasteiger charge is 2.12. The van der Waals surface area contributed by atoms with Crippen molar-refractivity contribution in [3.63, 3.8) is 0 Å². The van der Waals surface area contributed by atoms with Gasteiger partial charge in [0.1, 0.15) is 16.9 Å². The number of aromatic nitrogens is 3. The summed E-state index contributed by atoms with van der Waals surface area (Å²) in [4.78, 5) is 20.8. The maximum absolute atomic E-state index is 12.3. The third kappa shape index (κ3) is 2.10. The molecular weight excluding hydrogens is 280 g/mol. The Balaban J connectivity index is 1.64. The second kappa shape index (κ2) is 4.70. The molecule has 0 aliphatic rings. The van der Waals surface area contributed by atoms with Crippen molar-refractivity contribution in [1.82, 2.24) is 14.4 Å². The van der Waals surface area contributed by atoms with E-state index in [1.165, 1.54) is 0 Å². The molecule has 0 aliphatic carbocycles. The number of hydrogen-bond donors (Lipinski definition) is 1. The summed E-state index contributed by atoms with van der Waals surface area (Å²) in [5.74, 6) is 0.335. The van der Waals surface area contributed by atoms with Crippen LogP contribution in [0.2, 0.25) is 0 Å². The maximum Gasteiger partial charge on any atom is 0.275 e. The molecule has 108 valence electrons. The van der Waals surface area contributed by atoms with Crippen LogP contribution in [0.25, 0.3) is 16.7 Å². The van der Waals surface area contributed by atoms with E-state index in [-0.39, 0.29) is 5.91 Å². The Bertz CT molecular complexity index is 967. The number of aryl methyl sites for hydroxylation is 1. The first-order chi connectivity index (χ1) is 10.7. The zero-order chi connectivity index (χ0) is 15.1. The molecule has 6 heteroatoms. The lowest BCUT2D eigenvalue weighted by Gasteiger charge is -2.02. The molecule has 1 N–H and O–H groups in total. The fourth-order valence-electron chi connectivity index (χ4n) is 2.36. The Kier molecular flexibility index (Phi) is 2.69. The number of fused-ring (bicyclic) bond motifs is 2. The number of hydrogen-bond acceptors (Lipinski definition) is 4. The summed E-state index contributed by atoms with van der Waals surface area (Å²) >= 11 is 0. The van der Waals surface area contributed by atoms with Gasteiger partial charge >= 0.3 is 0 Å². The highest BCUT2D eigenvalue weighted by molar-refractivity contribution is 6.03. The second-order valence-corrected chi connectivity index (χ2v) is 4.96. The molecular formula is C16H12N4O2. The van der Waals surface area contributed by atoms with Crippen LogP contribution in [0.1, 0.15) is 16.4 Å². The van der Waals surface area contributed by atoms with Gasteiger partial charge in [0.15, 0.2) is 11.5 Å². The average molecular weight is 292 g/mol. The number of pyridine rings is 1. The topological polar surface area (TPSA) is 72.4 Å². The monoisotopic (exact) mass is 292 g/mol. The van der Waals surface area contributed by atoms with Crippen molar-refractivity contribution < 1.29 is 9.21 Å². The number of anilines is 1. The lowest BCUT2D eigenvalue weighted by molar-refractivity contribution is 0.102. The van der Waals surface area contributed by atoms with Crippen molar-refractivity contribution in [2.24, 2.45) is 0 Å². The first-order valence-electron chi connectivity index (χ1n) is 6.81. The molecule has 0 bridgehead atoms. The standard InChI is InChI=1S/C16H12N4O2/c1-10-17-12-8-11(5-6-14(12)22-10)18-16(21)13-9-20-7-3-2-4-15(20)19-13/h2-9H,1H3,(H,18,21). The zero-order valence-electron chi connectivity index (χ0n) is 11.8. The number of oxazole rings is 1. The SMILES string of the molecule is Cc1nc2cc(NC(=O)c3cn4ccccc4n3)ccc2o1. The summed E-state index contributed by atoms with van der Waals surface area (Å²) in [7, 11) is 0. The molecule has 0 saturated heterocycles. The summed E-state index contributed by atoms with van der Waals surface area (Å²) in [6.07, 6.45) is 3.55. The Hall–Kier alpha value is -3.15. The number of nitrogens with one attached hydrogen (secondary N) is 1. The molecule has 0 aliphatic heterocycles. The van der Waals surface area contributed by atoms with Crippen LogP contribution >= 0.6 is 0 Å². The summed E-state index contributed by atoms with van der Waals surface area (Å²) in [6.45, 7) is 1.79. The average Bonchev–Trinajstić information content (AvgIpc) is 3.08. The van der Waals surface area contributed by atoms with Crippen LogP contribution < -0.4 is 5.32 Å². The van der Waals surface area contributed by atoms with E-state index in [1.54, 1.807) is 35.7 Å². The number of imidazole rings is 1. The summed E-state index contributed by atoms with van der Waals surface area (Å²) in [5.41, 5.74) is 3.16. The van der Waals surface area contributed by atoms with Crippen LogP contribution in [0, 0.1) is 6.92 Å². The van der Waals surface area contributed by atoms with Crippen LogP contribution in [0.5, 0.6) is 0 Å². The summed E-state index contributed by atoms with van der Waals surface area (Å²) in [5, 5.41) is 2.82. The molecule has 0 fully saturated rings. The number of carbonyl (C=O) groups is 1. The fourth-order valence-corrected chi connectivity index (χ4v) is 2.36. The Morgan fingerprint density at radius 3 is 3.00 bits per heavy atom. The van der Waals surface area contributed by atoms with Crippen molar-refractivity contribution in [1.29, 1.82) is 0 Å². The number of benzene rings is 1. The van der Waals surface area contributed by atoms with Gasteiger partial charge in [0.25, 0.3) is 5.91 Å². The molecule has 4 rings (SSSR count). The van der Waals surface area contributed by atoms with E-state index in [0.29, 0.717) is 28.4 Å². The van der Waals surface area contributed by atoms with Gasteiger partial charge in [-0.15, -0.1) is 0 Å². The number of amides is 1. The largest absolute Gasteiger partial charge is 0.441 e. The normalized spacial score (nSPS) is 11.1. The van der Waals surface area contributed by atoms with Gasteiger partial charge in [0.05, 0.1) is 0 Å². The first-order valence-corrected chi connectivity index (χ1v) is 6.81. The Labute approximate surface area is 125 Å². The van der Waals surface area contributed by atoms with Crippen molar-refractivity contribution >= 4 is 28.3 Å². The highest BCUT2D eigenvalue weighted by Crippen LogP contribution is 2.20. The van der Waals surface area contributed by atoms with Gasteiger partial charge in [-0.3, -0.25) is 4.79 Å². The van der Waals surface area contributed by atoms with Gasteiger partial charge in [-0.2, -0.15) is 0 Å². The number of carbonyl (C=O) groups excluding carboxylic acids is 1. The highest BCUT2D eigenvalue weighted by atomic mass is 16.3. The molecule has 0 spiro atoms. The van der Waals surface area contributed by atoms with Gasteiger partial charge in [-0.25, -0.2) is 9.97 Å². The second-order valence-electron chi connectivity index (χ2n) is 4.96. The third-order valence-corrected chi connectivity index (χ3v) is 3.35. The molecule has 0 saturated carbocycles. The minimum atomic E-state index is -0.261. The molecule has 0 unspecified atom stereocenters. The van der Waals surface area contributed by atoms with Crippen LogP contribution in [0.15, 0.2) is 53.2 Å². The van der Waals surface area contributed by atoms with Gasteiger partial charge in [0, 0.05) is 25.0 Å². The molecule has 1 amide bonds. The quantitative estimate of drug-likeness (QED) is 0.616. The Morgan fingerprint density at radius 2 is 2.14 bits per heavy atom. The summed E-state index contributed by atoms with van der Waals surface area (Å²) < 4.78 is 7.22. The fraction of sp³-hybridized carbons (Fsp3) is 0.0625. The molecule has 0 radical (unpaired) electrons. The van der Waals surface area contributed by atoms with Crippen LogP contribution in [-0.4, -0.2) is 20.3 Å². The van der Waals surface area contributed by atoms with Crippen molar-refractivity contribution in [2.45, 2.75) is 6.92 Å². The van der Waals surface area contributed by atoms with E-state index in [0.717, 1.165) is 5.65 Å². The van der Waals surface area contributed by atoms with Crippen molar-refractivity contribution in [3.05, 3.63) is 60.4 Å². The van der Waals surface area contributed by atoms with Crippen LogP contribution in [0.4, 0.5) is 5.69 Å². The minimum Gasteiger partial charge on any atom is -0.441 e. The van der Waals surface area contributed by atoms with E-state index in [4.69, 9.17) is 4.42 Å². The van der Waals surface area contributed by atoms with E-state index < -0.39 is 0 Å². The molecule has 3 aromatic heterocycles. The molecule has 0 atom stereocenters. The maximum atomic E-state index is 12.3. The predicted octanol–water partition coefficient (Wildman–Crippen LogP) is 3.04. The lowest BCUT2D eigenvalue weighted by Crippen LogP contribution is -2.12. The predicted molar refractivity (Wildman–Crippen MR) is 81.9 cm³/mol. The molecule has 1 aromatic carbocycles. The van der Waals surface area contributed by atoms with E-state index >= 15 is 0 Å². The molecule has 6 nitrogen and oxygen atoms in total. The third-order valence-electron chi connectivity index (χ3n) is 3.35. The van der Waals surface area contributed by atoms with Crippen LogP contribution in [-0.2, 0) is 0 Å². The van der Waals surface area contributed by atoms with Gasteiger partial charge in [-0.05, 0) is 30.3 Å². The number of rotatable bonds is 2. The van der Waals surface area contributed by atoms with Gasteiger partial charge < -0.3 is 14.1 Å². The van der Waals surface area contributed by atoms with Gasteiger partial charge in [-0.1, -0.05) is 6.07 Å². The van der Waals surface area contributed by atoms with E-state index in [9.17, 15) is 4.79 Å². The van der Waals surface area contributed by atoms with E-state index in [1.807, 2.05) is 24.4 Å². The molecule has 4 aromatic rings. The van der Waals surface area contributed by atoms with E-state index in [2.05, 4.69) is 15.3 Å². The zero-order valence-corrected chi connectivity index (χ0v) is 11.8. The van der Waals surface area contributed by atoms with Crippen molar-refractivity contribution in [2.75, 3.05) is 5.32 Å². The smallest absolute Gasteiger partial charge is 0.275 e.